The van der Waals surface area contributed by atoms with Gasteiger partial charge in [-0.1, -0.05) is 6.58 Å². The van der Waals surface area contributed by atoms with Crippen molar-refractivity contribution in [1.82, 2.24) is 16.0 Å². The van der Waals surface area contributed by atoms with Gasteiger partial charge < -0.3 is 21.1 Å². The maximum atomic E-state index is 10.5. The van der Waals surface area contributed by atoms with E-state index in [2.05, 4.69) is 22.5 Å². The molecular formula is C8H15N3O2. The fourth-order valence-corrected chi connectivity index (χ4v) is 0.674. The highest BCUT2D eigenvalue weighted by Crippen LogP contribution is 1.85. The normalized spacial score (nSPS) is 12.9. The second-order valence-corrected chi connectivity index (χ2v) is 2.37. The Bertz CT molecular complexity index is 213. The Balaban J connectivity index is 4.05. The lowest BCUT2D eigenvalue weighted by Gasteiger charge is -2.12. The van der Waals surface area contributed by atoms with Crippen molar-refractivity contribution in [2.75, 3.05) is 7.05 Å². The van der Waals surface area contributed by atoms with Crippen molar-refractivity contribution in [2.24, 2.45) is 0 Å². The first-order valence-corrected chi connectivity index (χ1v) is 3.86. The van der Waals surface area contributed by atoms with Crippen LogP contribution in [-0.2, 0) is 4.79 Å². The van der Waals surface area contributed by atoms with Crippen molar-refractivity contribution in [3.8, 4) is 0 Å². The van der Waals surface area contributed by atoms with E-state index in [0.717, 1.165) is 0 Å². The van der Waals surface area contributed by atoms with Gasteiger partial charge in [0.1, 0.15) is 5.70 Å². The average molecular weight is 185 g/mol. The Kier molecular flexibility index (Phi) is 5.18. The molecule has 0 saturated carbocycles. The number of hydrogen-bond acceptors (Lipinski definition) is 4. The summed E-state index contributed by atoms with van der Waals surface area (Å²) in [5, 5.41) is 16.8. The average Bonchev–Trinajstić information content (AvgIpc) is 2.05. The van der Waals surface area contributed by atoms with Gasteiger partial charge in [0.05, 0.1) is 6.17 Å². The molecule has 13 heavy (non-hydrogen) atoms. The first-order chi connectivity index (χ1) is 6.11. The van der Waals surface area contributed by atoms with E-state index in [0.29, 0.717) is 0 Å². The van der Waals surface area contributed by atoms with Crippen LogP contribution in [0.4, 0.5) is 0 Å². The molecule has 1 unspecified atom stereocenters. The van der Waals surface area contributed by atoms with Crippen molar-refractivity contribution in [3.63, 3.8) is 0 Å². The predicted octanol–water partition coefficient (Wildman–Crippen LogP) is -0.199. The zero-order valence-corrected chi connectivity index (χ0v) is 7.79. The van der Waals surface area contributed by atoms with E-state index < -0.39 is 5.97 Å². The maximum Gasteiger partial charge on any atom is 0.353 e. The van der Waals surface area contributed by atoms with Crippen LogP contribution in [0.3, 0.4) is 0 Å². The Labute approximate surface area is 77.5 Å². The third kappa shape index (κ3) is 4.73. The summed E-state index contributed by atoms with van der Waals surface area (Å²) >= 11 is 0. The van der Waals surface area contributed by atoms with Crippen molar-refractivity contribution in [3.05, 3.63) is 24.7 Å². The molecule has 0 aliphatic rings. The Morgan fingerprint density at radius 3 is 2.54 bits per heavy atom. The van der Waals surface area contributed by atoms with Crippen molar-refractivity contribution in [1.29, 1.82) is 0 Å². The van der Waals surface area contributed by atoms with Crippen LogP contribution in [0.5, 0.6) is 0 Å². The molecular weight excluding hydrogens is 170 g/mol. The fraction of sp³-hybridized carbons (Fsp3) is 0.375. The van der Waals surface area contributed by atoms with E-state index in [1.165, 1.54) is 12.4 Å². The van der Waals surface area contributed by atoms with Crippen LogP contribution in [0.1, 0.15) is 6.92 Å². The highest BCUT2D eigenvalue weighted by molar-refractivity contribution is 5.85. The van der Waals surface area contributed by atoms with Gasteiger partial charge in [0, 0.05) is 13.2 Å². The zero-order valence-electron chi connectivity index (χ0n) is 7.79. The van der Waals surface area contributed by atoms with E-state index >= 15 is 0 Å². The molecule has 1 atom stereocenters. The van der Waals surface area contributed by atoms with Gasteiger partial charge in [-0.05, 0) is 13.1 Å². The SMILES string of the molecule is C=CNC(C)N/C=C(\NC)C(=O)O. The minimum atomic E-state index is -0.999. The van der Waals surface area contributed by atoms with Crippen LogP contribution in [0.15, 0.2) is 24.7 Å². The lowest BCUT2D eigenvalue weighted by molar-refractivity contribution is -0.133. The summed E-state index contributed by atoms with van der Waals surface area (Å²) in [6.07, 6.45) is 2.87. The molecule has 0 aromatic carbocycles. The van der Waals surface area contributed by atoms with E-state index in [1.807, 2.05) is 6.92 Å². The van der Waals surface area contributed by atoms with Gasteiger partial charge in [0.25, 0.3) is 0 Å². The number of hydrogen-bond donors (Lipinski definition) is 4. The summed E-state index contributed by atoms with van der Waals surface area (Å²) in [7, 11) is 1.55. The highest BCUT2D eigenvalue weighted by Gasteiger charge is 2.03. The molecule has 0 aliphatic heterocycles. The van der Waals surface area contributed by atoms with Crippen molar-refractivity contribution >= 4 is 5.97 Å². The summed E-state index contributed by atoms with van der Waals surface area (Å²) in [4.78, 5) is 10.5. The number of nitrogens with one attached hydrogen (secondary N) is 3. The van der Waals surface area contributed by atoms with Crippen molar-refractivity contribution in [2.45, 2.75) is 13.1 Å². The standard InChI is InChI=1S/C8H15N3O2/c1-4-10-6(2)11-5-7(9-3)8(12)13/h4-6,9-11H,1H2,2-3H3,(H,12,13)/b7-5-. The molecule has 0 aromatic rings. The predicted molar refractivity (Wildman–Crippen MR) is 50.7 cm³/mol. The Hall–Kier alpha value is -1.65. The molecule has 74 valence electrons. The van der Waals surface area contributed by atoms with Gasteiger partial charge in [-0.3, -0.25) is 0 Å². The largest absolute Gasteiger partial charge is 0.477 e. The topological polar surface area (TPSA) is 73.4 Å². The smallest absolute Gasteiger partial charge is 0.353 e. The van der Waals surface area contributed by atoms with Crippen molar-refractivity contribution < 1.29 is 9.90 Å². The second kappa shape index (κ2) is 5.93. The molecule has 0 spiro atoms. The Morgan fingerprint density at radius 1 is 1.54 bits per heavy atom. The monoisotopic (exact) mass is 185 g/mol. The molecule has 0 fully saturated rings. The first kappa shape index (κ1) is 11.4. The lowest BCUT2D eigenvalue weighted by atomic mass is 10.4. The quantitative estimate of drug-likeness (QED) is 0.341. The number of likely N-dealkylation sites (N-methyl/N-ethyl adjacent to an activating group) is 1. The number of aliphatic carboxylic acids is 1. The van der Waals surface area contributed by atoms with E-state index in [4.69, 9.17) is 5.11 Å². The molecule has 4 N–H and O–H groups in total. The van der Waals surface area contributed by atoms with E-state index in [1.54, 1.807) is 7.05 Å². The van der Waals surface area contributed by atoms with Crippen LogP contribution >= 0.6 is 0 Å². The van der Waals surface area contributed by atoms with E-state index in [9.17, 15) is 4.79 Å². The van der Waals surface area contributed by atoms with Gasteiger partial charge in [-0.25, -0.2) is 4.79 Å². The fourth-order valence-electron chi connectivity index (χ4n) is 0.674. The van der Waals surface area contributed by atoms with E-state index in [-0.39, 0.29) is 11.9 Å². The third-order valence-corrected chi connectivity index (χ3v) is 1.35. The minimum Gasteiger partial charge on any atom is -0.477 e. The second-order valence-electron chi connectivity index (χ2n) is 2.37. The summed E-state index contributed by atoms with van der Waals surface area (Å²) in [5.41, 5.74) is 0.109. The molecule has 0 aromatic heterocycles. The van der Waals surface area contributed by atoms with Gasteiger partial charge in [-0.2, -0.15) is 0 Å². The zero-order chi connectivity index (χ0) is 10.3. The van der Waals surface area contributed by atoms with Crippen LogP contribution in [-0.4, -0.2) is 24.3 Å². The maximum absolute atomic E-state index is 10.5. The summed E-state index contributed by atoms with van der Waals surface area (Å²) < 4.78 is 0. The lowest BCUT2D eigenvalue weighted by Crippen LogP contribution is -2.34. The third-order valence-electron chi connectivity index (χ3n) is 1.35. The van der Waals surface area contributed by atoms with Gasteiger partial charge in [0.15, 0.2) is 0 Å². The van der Waals surface area contributed by atoms with Gasteiger partial charge >= 0.3 is 5.97 Å². The summed E-state index contributed by atoms with van der Waals surface area (Å²) in [6, 6.07) is 0. The molecule has 0 amide bonds. The van der Waals surface area contributed by atoms with Crippen LogP contribution < -0.4 is 16.0 Å². The molecule has 5 heteroatoms. The molecule has 5 nitrogen and oxygen atoms in total. The van der Waals surface area contributed by atoms with Gasteiger partial charge in [0.2, 0.25) is 0 Å². The minimum absolute atomic E-state index is 0.0554. The van der Waals surface area contributed by atoms with Crippen LogP contribution in [0, 0.1) is 0 Å². The van der Waals surface area contributed by atoms with Crippen LogP contribution in [0.2, 0.25) is 0 Å². The molecule has 0 saturated heterocycles. The highest BCUT2D eigenvalue weighted by atomic mass is 16.4. The summed E-state index contributed by atoms with van der Waals surface area (Å²) in [6.45, 7) is 5.32. The van der Waals surface area contributed by atoms with Crippen LogP contribution in [0.25, 0.3) is 0 Å². The first-order valence-electron chi connectivity index (χ1n) is 3.86. The number of carbonyl (C=O) groups is 1. The summed E-state index contributed by atoms with van der Waals surface area (Å²) in [5.74, 6) is -0.999. The van der Waals surface area contributed by atoms with Gasteiger partial charge in [-0.15, -0.1) is 0 Å². The molecule has 0 bridgehead atoms. The molecule has 0 radical (unpaired) electrons. The Morgan fingerprint density at radius 2 is 2.15 bits per heavy atom. The molecule has 0 aliphatic carbocycles. The number of carboxylic acid groups (broad SMARTS) is 1. The number of rotatable bonds is 6. The molecule has 0 rings (SSSR count). The molecule has 0 heterocycles. The number of carboxylic acids is 1.